The van der Waals surface area contributed by atoms with E-state index in [1.54, 1.807) is 17.5 Å². The minimum atomic E-state index is -0.0430. The molecule has 3 rings (SSSR count). The van der Waals surface area contributed by atoms with Gasteiger partial charge in [0.05, 0.1) is 19.2 Å². The predicted octanol–water partition coefficient (Wildman–Crippen LogP) is 2.72. The Morgan fingerprint density at radius 1 is 1.58 bits per heavy atom. The molecule has 1 aliphatic rings. The van der Waals surface area contributed by atoms with Gasteiger partial charge in [0, 0.05) is 36.5 Å². The lowest BCUT2D eigenvalue weighted by Gasteiger charge is -2.27. The van der Waals surface area contributed by atoms with Crippen molar-refractivity contribution >= 4 is 17.4 Å². The Labute approximate surface area is 146 Å². The molecule has 2 aromatic rings. The highest BCUT2D eigenvalue weighted by molar-refractivity contribution is 7.09. The highest BCUT2D eigenvalue weighted by Gasteiger charge is 2.24. The third kappa shape index (κ3) is 4.82. The largest absolute Gasteiger partial charge is 0.376 e. The van der Waals surface area contributed by atoms with Crippen LogP contribution in [-0.4, -0.2) is 46.0 Å². The van der Waals surface area contributed by atoms with Gasteiger partial charge in [0.1, 0.15) is 0 Å². The molecule has 1 fully saturated rings. The smallest absolute Gasteiger partial charge is 0.318 e. The van der Waals surface area contributed by atoms with Crippen molar-refractivity contribution < 1.29 is 9.53 Å². The molecule has 3 heterocycles. The molecule has 0 radical (unpaired) electrons. The number of aromatic nitrogens is 2. The monoisotopic (exact) mass is 348 g/mol. The number of carbonyl (C=O) groups is 1. The van der Waals surface area contributed by atoms with Gasteiger partial charge in [-0.3, -0.25) is 4.68 Å². The average Bonchev–Trinajstić information content (AvgIpc) is 3.30. The molecule has 2 aromatic heterocycles. The van der Waals surface area contributed by atoms with Gasteiger partial charge in [0.15, 0.2) is 0 Å². The Morgan fingerprint density at radius 2 is 2.50 bits per heavy atom. The number of carbonyl (C=O) groups excluding carboxylic acids is 1. The normalized spacial score (nSPS) is 18.5. The first-order valence-electron chi connectivity index (χ1n) is 8.37. The Kier molecular flexibility index (Phi) is 5.87. The van der Waals surface area contributed by atoms with Crippen LogP contribution in [0.15, 0.2) is 36.0 Å². The van der Waals surface area contributed by atoms with E-state index in [4.69, 9.17) is 4.74 Å². The van der Waals surface area contributed by atoms with E-state index in [-0.39, 0.29) is 18.2 Å². The van der Waals surface area contributed by atoms with Crippen LogP contribution in [0, 0.1) is 0 Å². The Balaban J connectivity index is 1.58. The van der Waals surface area contributed by atoms with Gasteiger partial charge in [-0.25, -0.2) is 4.79 Å². The van der Waals surface area contributed by atoms with E-state index in [0.717, 1.165) is 19.4 Å². The van der Waals surface area contributed by atoms with Gasteiger partial charge >= 0.3 is 6.03 Å². The number of nitrogens with zero attached hydrogens (tertiary/aromatic N) is 3. The van der Waals surface area contributed by atoms with Gasteiger partial charge in [-0.1, -0.05) is 6.07 Å². The summed E-state index contributed by atoms with van der Waals surface area (Å²) in [6.07, 6.45) is 5.90. The number of urea groups is 1. The molecule has 0 aromatic carbocycles. The van der Waals surface area contributed by atoms with Crippen molar-refractivity contribution in [2.45, 2.75) is 45.0 Å². The van der Waals surface area contributed by atoms with Crippen molar-refractivity contribution in [3.8, 4) is 0 Å². The number of rotatable bonds is 7. The number of thiophene rings is 1. The highest BCUT2D eigenvalue weighted by atomic mass is 32.1. The first-order chi connectivity index (χ1) is 11.7. The maximum absolute atomic E-state index is 12.7. The molecule has 1 N–H and O–H groups in total. The van der Waals surface area contributed by atoms with E-state index in [9.17, 15) is 4.79 Å². The van der Waals surface area contributed by atoms with Crippen LogP contribution < -0.4 is 5.32 Å². The Bertz CT molecular complexity index is 609. The molecular formula is C17H24N4O2S. The minimum absolute atomic E-state index is 0.00716. The third-order valence-corrected chi connectivity index (χ3v) is 4.91. The molecule has 0 saturated carbocycles. The lowest BCUT2D eigenvalue weighted by Crippen LogP contribution is -2.47. The average molecular weight is 348 g/mol. The number of nitrogens with one attached hydrogen (secondary N) is 1. The molecule has 1 saturated heterocycles. The first-order valence-corrected chi connectivity index (χ1v) is 9.25. The Morgan fingerprint density at radius 3 is 3.17 bits per heavy atom. The zero-order valence-corrected chi connectivity index (χ0v) is 14.7. The summed E-state index contributed by atoms with van der Waals surface area (Å²) in [5.74, 6) is 0. The molecule has 2 amide bonds. The third-order valence-electron chi connectivity index (χ3n) is 4.05. The van der Waals surface area contributed by atoms with Crippen LogP contribution in [0.2, 0.25) is 0 Å². The van der Waals surface area contributed by atoms with Crippen molar-refractivity contribution in [3.05, 3.63) is 40.8 Å². The molecule has 2 atom stereocenters. The van der Waals surface area contributed by atoms with Gasteiger partial charge in [0.25, 0.3) is 0 Å². The quantitative estimate of drug-likeness (QED) is 0.837. The molecule has 0 aliphatic carbocycles. The Hall–Kier alpha value is -1.86. The van der Waals surface area contributed by atoms with Crippen LogP contribution in [0.3, 0.4) is 0 Å². The van der Waals surface area contributed by atoms with Crippen LogP contribution in [-0.2, 0) is 17.8 Å². The van der Waals surface area contributed by atoms with Crippen molar-refractivity contribution in [1.82, 2.24) is 20.0 Å². The maximum Gasteiger partial charge on any atom is 0.318 e. The van der Waals surface area contributed by atoms with Crippen LogP contribution in [0.1, 0.15) is 24.6 Å². The summed E-state index contributed by atoms with van der Waals surface area (Å²) in [6.45, 7) is 4.71. The lowest BCUT2D eigenvalue weighted by atomic mass is 10.2. The molecule has 6 nitrogen and oxygen atoms in total. The van der Waals surface area contributed by atoms with E-state index < -0.39 is 0 Å². The molecule has 0 bridgehead atoms. The first kappa shape index (κ1) is 17.0. The van der Waals surface area contributed by atoms with Crippen LogP contribution >= 0.6 is 11.3 Å². The summed E-state index contributed by atoms with van der Waals surface area (Å²) >= 11 is 1.67. The molecular weight excluding hydrogens is 324 g/mol. The van der Waals surface area contributed by atoms with Crippen LogP contribution in [0.5, 0.6) is 0 Å². The van der Waals surface area contributed by atoms with Gasteiger partial charge in [-0.15, -0.1) is 11.3 Å². The second-order valence-electron chi connectivity index (χ2n) is 6.17. The van der Waals surface area contributed by atoms with E-state index >= 15 is 0 Å². The highest BCUT2D eigenvalue weighted by Crippen LogP contribution is 2.17. The number of amides is 2. The van der Waals surface area contributed by atoms with Crippen LogP contribution in [0.25, 0.3) is 0 Å². The summed E-state index contributed by atoms with van der Waals surface area (Å²) in [5, 5.41) is 9.31. The maximum atomic E-state index is 12.7. The number of hydrogen-bond donors (Lipinski definition) is 1. The zero-order valence-electron chi connectivity index (χ0n) is 13.9. The van der Waals surface area contributed by atoms with E-state index in [1.165, 1.54) is 4.88 Å². The fraction of sp³-hybridized carbons (Fsp3) is 0.529. The lowest BCUT2D eigenvalue weighted by molar-refractivity contribution is 0.0791. The SMILES string of the molecule is CC(Cn1cccn1)NC(=O)N(Cc1cccs1)CC1CCCO1. The summed E-state index contributed by atoms with van der Waals surface area (Å²) in [5.41, 5.74) is 0. The van der Waals surface area contributed by atoms with E-state index in [1.807, 2.05) is 40.2 Å². The molecule has 0 spiro atoms. The molecule has 2 unspecified atom stereocenters. The molecule has 130 valence electrons. The number of hydrogen-bond acceptors (Lipinski definition) is 4. The molecule has 7 heteroatoms. The predicted molar refractivity (Wildman–Crippen MR) is 93.9 cm³/mol. The van der Waals surface area contributed by atoms with Crippen LogP contribution in [0.4, 0.5) is 4.79 Å². The minimum Gasteiger partial charge on any atom is -0.376 e. The number of ether oxygens (including phenoxy) is 1. The summed E-state index contributed by atoms with van der Waals surface area (Å²) in [6, 6.07) is 5.93. The molecule has 1 aliphatic heterocycles. The van der Waals surface area contributed by atoms with E-state index in [2.05, 4.69) is 16.5 Å². The fourth-order valence-corrected chi connectivity index (χ4v) is 3.60. The van der Waals surface area contributed by atoms with Gasteiger partial charge in [-0.05, 0) is 37.3 Å². The van der Waals surface area contributed by atoms with Crippen molar-refractivity contribution in [3.63, 3.8) is 0 Å². The standard InChI is InChI=1S/C17H24N4O2S/c1-14(11-21-8-4-7-18-21)19-17(22)20(12-15-5-2-9-23-15)13-16-6-3-10-24-16/h3-4,6-8,10,14-15H,2,5,9,11-13H2,1H3,(H,19,22). The van der Waals surface area contributed by atoms with E-state index in [0.29, 0.717) is 19.6 Å². The topological polar surface area (TPSA) is 59.4 Å². The van der Waals surface area contributed by atoms with Crippen molar-refractivity contribution in [1.29, 1.82) is 0 Å². The van der Waals surface area contributed by atoms with Crippen molar-refractivity contribution in [2.24, 2.45) is 0 Å². The van der Waals surface area contributed by atoms with Gasteiger partial charge in [-0.2, -0.15) is 5.10 Å². The second-order valence-corrected chi connectivity index (χ2v) is 7.21. The van der Waals surface area contributed by atoms with Gasteiger partial charge in [0.2, 0.25) is 0 Å². The summed E-state index contributed by atoms with van der Waals surface area (Å²) in [7, 11) is 0. The summed E-state index contributed by atoms with van der Waals surface area (Å²) in [4.78, 5) is 15.8. The second kappa shape index (κ2) is 8.30. The fourth-order valence-electron chi connectivity index (χ4n) is 2.88. The summed E-state index contributed by atoms with van der Waals surface area (Å²) < 4.78 is 7.54. The zero-order chi connectivity index (χ0) is 16.8. The van der Waals surface area contributed by atoms with Gasteiger partial charge < -0.3 is 15.0 Å². The molecule has 24 heavy (non-hydrogen) atoms. The van der Waals surface area contributed by atoms with Crippen molar-refractivity contribution in [2.75, 3.05) is 13.2 Å².